The molecule has 1 saturated carbocycles. The molecule has 0 atom stereocenters. The van der Waals surface area contributed by atoms with Gasteiger partial charge in [-0.05, 0) is 56.7 Å². The number of hydrogen-bond acceptors (Lipinski definition) is 4. The third-order valence-electron chi connectivity index (χ3n) is 5.02. The highest BCUT2D eigenvalue weighted by molar-refractivity contribution is 7.93. The van der Waals surface area contributed by atoms with Gasteiger partial charge in [0.15, 0.2) is 0 Å². The maximum absolute atomic E-state index is 12.2. The lowest BCUT2D eigenvalue weighted by molar-refractivity contribution is -0.142. The summed E-state index contributed by atoms with van der Waals surface area (Å²) in [4.78, 5) is 11.0. The highest BCUT2D eigenvalue weighted by atomic mass is 32.2. The summed E-state index contributed by atoms with van der Waals surface area (Å²) in [5.74, 6) is -0.722. The van der Waals surface area contributed by atoms with Gasteiger partial charge < -0.3 is 10.4 Å². The first-order valence-corrected chi connectivity index (χ1v) is 10.1. The van der Waals surface area contributed by atoms with E-state index in [-0.39, 0.29) is 17.7 Å². The maximum Gasteiger partial charge on any atom is 0.306 e. The number of nitrogens with zero attached hydrogens (tertiary/aromatic N) is 1. The van der Waals surface area contributed by atoms with Crippen LogP contribution in [0.25, 0.3) is 0 Å². The van der Waals surface area contributed by atoms with E-state index in [9.17, 15) is 13.2 Å². The van der Waals surface area contributed by atoms with Crippen LogP contribution in [0.3, 0.4) is 0 Å². The Bertz CT molecular complexity index is 724. The van der Waals surface area contributed by atoms with Gasteiger partial charge in [0.05, 0.1) is 17.4 Å². The van der Waals surface area contributed by atoms with Gasteiger partial charge in [0.25, 0.3) is 0 Å². The molecular weight excluding hydrogens is 328 g/mol. The SMILES string of the molecule is Cc1ccc(NC2CCC(C(=O)O)CC2)cc1N1CCCS1(=O)=O. The molecule has 2 aliphatic rings. The lowest BCUT2D eigenvalue weighted by Crippen LogP contribution is -2.29. The van der Waals surface area contributed by atoms with Gasteiger partial charge in [-0.2, -0.15) is 0 Å². The number of carbonyl (C=O) groups is 1. The molecule has 0 radical (unpaired) electrons. The van der Waals surface area contributed by atoms with Crippen LogP contribution in [0.1, 0.15) is 37.7 Å². The second-order valence-corrected chi connectivity index (χ2v) is 8.79. The lowest BCUT2D eigenvalue weighted by Gasteiger charge is -2.28. The van der Waals surface area contributed by atoms with Crippen LogP contribution in [0.15, 0.2) is 18.2 Å². The van der Waals surface area contributed by atoms with Crippen molar-refractivity contribution in [3.63, 3.8) is 0 Å². The summed E-state index contributed by atoms with van der Waals surface area (Å²) in [7, 11) is -3.19. The molecule has 7 heteroatoms. The molecule has 0 bridgehead atoms. The molecule has 2 fully saturated rings. The zero-order valence-electron chi connectivity index (χ0n) is 13.9. The van der Waals surface area contributed by atoms with E-state index in [4.69, 9.17) is 5.11 Å². The van der Waals surface area contributed by atoms with Gasteiger partial charge in [-0.25, -0.2) is 8.42 Å². The molecule has 3 rings (SSSR count). The second kappa shape index (κ2) is 6.63. The molecule has 1 heterocycles. The van der Waals surface area contributed by atoms with Crippen molar-refractivity contribution in [3.8, 4) is 0 Å². The quantitative estimate of drug-likeness (QED) is 0.870. The molecule has 132 valence electrons. The number of hydrogen-bond donors (Lipinski definition) is 2. The Balaban J connectivity index is 1.72. The third-order valence-corrected chi connectivity index (χ3v) is 6.88. The number of aliphatic carboxylic acids is 1. The van der Waals surface area contributed by atoms with E-state index in [1.165, 1.54) is 4.31 Å². The lowest BCUT2D eigenvalue weighted by atomic mass is 9.86. The van der Waals surface area contributed by atoms with E-state index in [2.05, 4.69) is 5.32 Å². The molecule has 1 aliphatic heterocycles. The molecular formula is C17H24N2O4S. The Hall–Kier alpha value is -1.76. The Morgan fingerprint density at radius 1 is 1.25 bits per heavy atom. The molecule has 0 amide bonds. The molecule has 6 nitrogen and oxygen atoms in total. The summed E-state index contributed by atoms with van der Waals surface area (Å²) in [5.41, 5.74) is 2.59. The normalized spacial score (nSPS) is 26.3. The van der Waals surface area contributed by atoms with E-state index in [1.807, 2.05) is 25.1 Å². The van der Waals surface area contributed by atoms with Crippen molar-refractivity contribution in [1.29, 1.82) is 0 Å². The number of carboxylic acid groups (broad SMARTS) is 1. The van der Waals surface area contributed by atoms with Crippen LogP contribution in [-0.4, -0.2) is 37.8 Å². The molecule has 0 unspecified atom stereocenters. The van der Waals surface area contributed by atoms with Crippen LogP contribution in [0.2, 0.25) is 0 Å². The van der Waals surface area contributed by atoms with Gasteiger partial charge in [0, 0.05) is 18.3 Å². The van der Waals surface area contributed by atoms with Crippen molar-refractivity contribution >= 4 is 27.4 Å². The van der Waals surface area contributed by atoms with Gasteiger partial charge in [0.1, 0.15) is 0 Å². The van der Waals surface area contributed by atoms with Gasteiger partial charge in [0.2, 0.25) is 10.0 Å². The Morgan fingerprint density at radius 2 is 1.96 bits per heavy atom. The number of rotatable bonds is 4. The Morgan fingerprint density at radius 3 is 2.54 bits per heavy atom. The van der Waals surface area contributed by atoms with Crippen LogP contribution < -0.4 is 9.62 Å². The molecule has 1 aliphatic carbocycles. The highest BCUT2D eigenvalue weighted by Crippen LogP contribution is 2.32. The third kappa shape index (κ3) is 3.50. The first-order valence-electron chi connectivity index (χ1n) is 8.47. The maximum atomic E-state index is 12.2. The van der Waals surface area contributed by atoms with Crippen LogP contribution in [0.4, 0.5) is 11.4 Å². The number of anilines is 2. The van der Waals surface area contributed by atoms with Gasteiger partial charge in [-0.15, -0.1) is 0 Å². The van der Waals surface area contributed by atoms with E-state index in [0.717, 1.165) is 29.8 Å². The second-order valence-electron chi connectivity index (χ2n) is 6.77. The van der Waals surface area contributed by atoms with Crippen molar-refractivity contribution in [2.75, 3.05) is 21.9 Å². The average Bonchev–Trinajstić information content (AvgIpc) is 2.89. The topological polar surface area (TPSA) is 86.7 Å². The van der Waals surface area contributed by atoms with E-state index in [1.54, 1.807) is 0 Å². The van der Waals surface area contributed by atoms with Crippen molar-refractivity contribution in [2.24, 2.45) is 5.92 Å². The van der Waals surface area contributed by atoms with Crippen LogP contribution in [0, 0.1) is 12.8 Å². The fourth-order valence-electron chi connectivity index (χ4n) is 3.60. The minimum Gasteiger partial charge on any atom is -0.481 e. The number of aryl methyl sites for hydroxylation is 1. The number of benzene rings is 1. The first kappa shape index (κ1) is 17.1. The molecule has 24 heavy (non-hydrogen) atoms. The van der Waals surface area contributed by atoms with E-state index in [0.29, 0.717) is 25.8 Å². The standard InChI is InChI=1S/C17H24N2O4S/c1-12-3-6-15(11-16(12)19-9-2-10-24(19,22)23)18-14-7-4-13(5-8-14)17(20)21/h3,6,11,13-14,18H,2,4-5,7-10H2,1H3,(H,20,21). The minimum absolute atomic E-state index is 0.212. The summed E-state index contributed by atoms with van der Waals surface area (Å²) >= 11 is 0. The fraction of sp³-hybridized carbons (Fsp3) is 0.588. The number of nitrogens with one attached hydrogen (secondary N) is 1. The van der Waals surface area contributed by atoms with Crippen molar-refractivity contribution in [2.45, 2.75) is 45.1 Å². The highest BCUT2D eigenvalue weighted by Gasteiger charge is 2.30. The molecule has 0 spiro atoms. The summed E-state index contributed by atoms with van der Waals surface area (Å²) in [6, 6.07) is 6.05. The predicted octanol–water partition coefficient (Wildman–Crippen LogP) is 2.59. The van der Waals surface area contributed by atoms with Crippen molar-refractivity contribution in [3.05, 3.63) is 23.8 Å². The summed E-state index contributed by atoms with van der Waals surface area (Å²) < 4.78 is 25.8. The Labute approximate surface area is 142 Å². The van der Waals surface area contributed by atoms with Crippen molar-refractivity contribution < 1.29 is 18.3 Å². The van der Waals surface area contributed by atoms with Crippen LogP contribution >= 0.6 is 0 Å². The van der Waals surface area contributed by atoms with E-state index >= 15 is 0 Å². The monoisotopic (exact) mass is 352 g/mol. The summed E-state index contributed by atoms with van der Waals surface area (Å²) in [5, 5.41) is 12.5. The largest absolute Gasteiger partial charge is 0.481 e. The van der Waals surface area contributed by atoms with Crippen LogP contribution in [-0.2, 0) is 14.8 Å². The average molecular weight is 352 g/mol. The van der Waals surface area contributed by atoms with E-state index < -0.39 is 16.0 Å². The van der Waals surface area contributed by atoms with Gasteiger partial charge >= 0.3 is 5.97 Å². The number of carboxylic acids is 1. The molecule has 1 saturated heterocycles. The van der Waals surface area contributed by atoms with Crippen LogP contribution in [0.5, 0.6) is 0 Å². The summed E-state index contributed by atoms with van der Waals surface area (Å²) in [6.45, 7) is 2.46. The van der Waals surface area contributed by atoms with Gasteiger partial charge in [-0.1, -0.05) is 6.07 Å². The zero-order chi connectivity index (χ0) is 17.3. The molecule has 1 aromatic rings. The fourth-order valence-corrected chi connectivity index (χ4v) is 5.22. The van der Waals surface area contributed by atoms with Crippen molar-refractivity contribution in [1.82, 2.24) is 0 Å². The number of sulfonamides is 1. The predicted molar refractivity (Wildman–Crippen MR) is 93.9 cm³/mol. The van der Waals surface area contributed by atoms with Gasteiger partial charge in [-0.3, -0.25) is 9.10 Å². The zero-order valence-corrected chi connectivity index (χ0v) is 14.7. The molecule has 1 aromatic carbocycles. The first-order chi connectivity index (χ1) is 11.4. The Kier molecular flexibility index (Phi) is 4.71. The molecule has 2 N–H and O–H groups in total. The smallest absolute Gasteiger partial charge is 0.306 e. The summed E-state index contributed by atoms with van der Waals surface area (Å²) in [6.07, 6.45) is 3.68. The molecule has 0 aromatic heterocycles. The minimum atomic E-state index is -3.19.